The predicted octanol–water partition coefficient (Wildman–Crippen LogP) is 1.88. The maximum atomic E-state index is 11.8. The molecule has 2 aliphatic rings. The zero-order valence-electron chi connectivity index (χ0n) is 16.9. The molecule has 150 valence electrons. The molecule has 2 aromatic rings. The van der Waals surface area contributed by atoms with E-state index in [1.165, 1.54) is 5.69 Å². The maximum absolute atomic E-state index is 11.8. The number of carbonyl (C=O) groups is 1. The second-order valence-corrected chi connectivity index (χ2v) is 8.09. The van der Waals surface area contributed by atoms with Gasteiger partial charge in [-0.05, 0) is 31.0 Å². The third-order valence-electron chi connectivity index (χ3n) is 5.81. The number of piperazine rings is 1. The fourth-order valence-electron chi connectivity index (χ4n) is 4.27. The lowest BCUT2D eigenvalue weighted by Crippen LogP contribution is -2.51. The van der Waals surface area contributed by atoms with Crippen molar-refractivity contribution >= 4 is 28.3 Å². The number of hydrogen-bond acceptors (Lipinski definition) is 6. The summed E-state index contributed by atoms with van der Waals surface area (Å²) in [5, 5.41) is 4.28. The van der Waals surface area contributed by atoms with Gasteiger partial charge in [-0.15, -0.1) is 0 Å². The first-order valence-corrected chi connectivity index (χ1v) is 10.3. The lowest BCUT2D eigenvalue weighted by molar-refractivity contribution is -0.121. The Labute approximate surface area is 166 Å². The number of fused-ring (bicyclic) bond motifs is 1. The Bertz CT molecular complexity index is 831. The molecule has 0 saturated carbocycles. The van der Waals surface area contributed by atoms with Gasteiger partial charge in [-0.25, -0.2) is 9.97 Å². The first-order chi connectivity index (χ1) is 13.6. The van der Waals surface area contributed by atoms with Crippen molar-refractivity contribution < 1.29 is 4.79 Å². The molecule has 1 N–H and O–H groups in total. The molecule has 0 bridgehead atoms. The Kier molecular flexibility index (Phi) is 5.62. The predicted molar refractivity (Wildman–Crippen MR) is 113 cm³/mol. The zero-order chi connectivity index (χ0) is 19.5. The Hall–Kier alpha value is -2.41. The summed E-state index contributed by atoms with van der Waals surface area (Å²) < 4.78 is 0. The zero-order valence-corrected chi connectivity index (χ0v) is 16.9. The van der Waals surface area contributed by atoms with E-state index in [0.717, 1.165) is 68.7 Å². The second kappa shape index (κ2) is 8.31. The van der Waals surface area contributed by atoms with Crippen LogP contribution in [-0.2, 0) is 4.79 Å². The number of benzene rings is 1. The number of hydrogen-bond donors (Lipinski definition) is 1. The Morgan fingerprint density at radius 1 is 1.14 bits per heavy atom. The summed E-state index contributed by atoms with van der Waals surface area (Å²) in [4.78, 5) is 27.6. The van der Waals surface area contributed by atoms with Crippen LogP contribution in [0.15, 0.2) is 24.5 Å². The van der Waals surface area contributed by atoms with Gasteiger partial charge in [0.1, 0.15) is 12.1 Å². The van der Waals surface area contributed by atoms with Gasteiger partial charge in [0.05, 0.1) is 5.52 Å². The van der Waals surface area contributed by atoms with Crippen LogP contribution in [0.3, 0.4) is 0 Å². The topological polar surface area (TPSA) is 64.6 Å². The van der Waals surface area contributed by atoms with Gasteiger partial charge >= 0.3 is 0 Å². The summed E-state index contributed by atoms with van der Waals surface area (Å²) >= 11 is 0. The van der Waals surface area contributed by atoms with Crippen molar-refractivity contribution in [3.63, 3.8) is 0 Å². The average Bonchev–Trinajstić information content (AvgIpc) is 2.91. The molecule has 4 rings (SSSR count). The molecule has 0 aliphatic carbocycles. The number of amides is 1. The van der Waals surface area contributed by atoms with E-state index in [0.29, 0.717) is 12.5 Å². The third-order valence-corrected chi connectivity index (χ3v) is 5.81. The summed E-state index contributed by atoms with van der Waals surface area (Å²) in [5.74, 6) is 1.17. The highest BCUT2D eigenvalue weighted by Gasteiger charge is 2.23. The van der Waals surface area contributed by atoms with Crippen molar-refractivity contribution in [3.8, 4) is 0 Å². The van der Waals surface area contributed by atoms with Gasteiger partial charge in [0.15, 0.2) is 0 Å². The van der Waals surface area contributed by atoms with Gasteiger partial charge < -0.3 is 15.1 Å². The SMILES string of the molecule is CN(C)c1ncnc2ccc(N3CCN(CC4CCCCC(=O)N4)CC3)cc12. The molecule has 2 aliphatic heterocycles. The van der Waals surface area contributed by atoms with Crippen molar-refractivity contribution in [2.24, 2.45) is 0 Å². The molecular weight excluding hydrogens is 352 g/mol. The monoisotopic (exact) mass is 382 g/mol. The molecule has 2 fully saturated rings. The second-order valence-electron chi connectivity index (χ2n) is 8.09. The summed E-state index contributed by atoms with van der Waals surface area (Å²) in [6, 6.07) is 6.77. The van der Waals surface area contributed by atoms with Crippen LogP contribution in [0.5, 0.6) is 0 Å². The average molecular weight is 383 g/mol. The molecule has 0 spiro atoms. The van der Waals surface area contributed by atoms with Crippen LogP contribution in [-0.4, -0.2) is 73.6 Å². The van der Waals surface area contributed by atoms with E-state index in [2.05, 4.69) is 43.3 Å². The summed E-state index contributed by atoms with van der Waals surface area (Å²) in [6.45, 7) is 5.01. The summed E-state index contributed by atoms with van der Waals surface area (Å²) in [6.07, 6.45) is 5.59. The first kappa shape index (κ1) is 18.9. The van der Waals surface area contributed by atoms with Gasteiger partial charge in [-0.2, -0.15) is 0 Å². The normalized spacial score (nSPS) is 21.4. The molecule has 28 heavy (non-hydrogen) atoms. The highest BCUT2D eigenvalue weighted by Crippen LogP contribution is 2.27. The number of rotatable bonds is 4. The molecular formula is C21H30N6O. The molecule has 2 saturated heterocycles. The minimum atomic E-state index is 0.219. The van der Waals surface area contributed by atoms with Crippen LogP contribution in [0.25, 0.3) is 10.9 Å². The Morgan fingerprint density at radius 2 is 1.96 bits per heavy atom. The van der Waals surface area contributed by atoms with Crippen molar-refractivity contribution in [3.05, 3.63) is 24.5 Å². The fraction of sp³-hybridized carbons (Fsp3) is 0.571. The standard InChI is InChI=1S/C21H30N6O/c1-25(2)21-18-13-17(7-8-19(18)22-15-23-21)27-11-9-26(10-12-27)14-16-5-3-4-6-20(28)24-16/h7-8,13,15-16H,3-6,9-12,14H2,1-2H3,(H,24,28). The summed E-state index contributed by atoms with van der Waals surface area (Å²) in [7, 11) is 4.03. The smallest absolute Gasteiger partial charge is 0.220 e. The molecule has 7 heteroatoms. The van der Waals surface area contributed by atoms with Crippen LogP contribution < -0.4 is 15.1 Å². The maximum Gasteiger partial charge on any atom is 0.220 e. The molecule has 1 aromatic carbocycles. The first-order valence-electron chi connectivity index (χ1n) is 10.3. The largest absolute Gasteiger partial charge is 0.369 e. The summed E-state index contributed by atoms with van der Waals surface area (Å²) in [5.41, 5.74) is 2.21. The number of nitrogens with one attached hydrogen (secondary N) is 1. The van der Waals surface area contributed by atoms with E-state index in [9.17, 15) is 4.79 Å². The van der Waals surface area contributed by atoms with Crippen molar-refractivity contribution in [1.82, 2.24) is 20.2 Å². The highest BCUT2D eigenvalue weighted by atomic mass is 16.1. The molecule has 7 nitrogen and oxygen atoms in total. The van der Waals surface area contributed by atoms with E-state index >= 15 is 0 Å². The van der Waals surface area contributed by atoms with Crippen LogP contribution in [0.2, 0.25) is 0 Å². The lowest BCUT2D eigenvalue weighted by Gasteiger charge is -2.37. The molecule has 0 radical (unpaired) electrons. The number of aromatic nitrogens is 2. The van der Waals surface area contributed by atoms with Crippen molar-refractivity contribution in [1.29, 1.82) is 0 Å². The quantitative estimate of drug-likeness (QED) is 0.871. The third kappa shape index (κ3) is 4.19. The molecule has 1 unspecified atom stereocenters. The number of carbonyl (C=O) groups excluding carboxylic acids is 1. The van der Waals surface area contributed by atoms with Gasteiger partial charge in [0.2, 0.25) is 5.91 Å². The van der Waals surface area contributed by atoms with Crippen LogP contribution >= 0.6 is 0 Å². The van der Waals surface area contributed by atoms with Crippen LogP contribution in [0, 0.1) is 0 Å². The number of nitrogens with zero attached hydrogens (tertiary/aromatic N) is 5. The highest BCUT2D eigenvalue weighted by molar-refractivity contribution is 5.91. The van der Waals surface area contributed by atoms with Crippen LogP contribution in [0.1, 0.15) is 25.7 Å². The minimum Gasteiger partial charge on any atom is -0.369 e. The van der Waals surface area contributed by atoms with E-state index in [4.69, 9.17) is 0 Å². The number of anilines is 2. The molecule has 3 heterocycles. The molecule has 1 aromatic heterocycles. The fourth-order valence-corrected chi connectivity index (χ4v) is 4.27. The van der Waals surface area contributed by atoms with E-state index in [1.54, 1.807) is 6.33 Å². The van der Waals surface area contributed by atoms with Crippen molar-refractivity contribution in [2.75, 3.05) is 56.6 Å². The van der Waals surface area contributed by atoms with E-state index < -0.39 is 0 Å². The van der Waals surface area contributed by atoms with Crippen molar-refractivity contribution in [2.45, 2.75) is 31.7 Å². The Balaban J connectivity index is 1.41. The van der Waals surface area contributed by atoms with E-state index in [1.807, 2.05) is 19.0 Å². The van der Waals surface area contributed by atoms with Gasteiger partial charge in [0.25, 0.3) is 0 Å². The minimum absolute atomic E-state index is 0.219. The molecule has 1 amide bonds. The van der Waals surface area contributed by atoms with Gasteiger partial charge in [-0.1, -0.05) is 6.42 Å². The van der Waals surface area contributed by atoms with Crippen LogP contribution in [0.4, 0.5) is 11.5 Å². The van der Waals surface area contributed by atoms with Gasteiger partial charge in [0, 0.05) is 70.4 Å². The Morgan fingerprint density at radius 3 is 2.75 bits per heavy atom. The lowest BCUT2D eigenvalue weighted by atomic mass is 10.1. The van der Waals surface area contributed by atoms with E-state index in [-0.39, 0.29) is 5.91 Å². The molecule has 1 atom stereocenters. The van der Waals surface area contributed by atoms with Gasteiger partial charge in [-0.3, -0.25) is 9.69 Å².